The quantitative estimate of drug-likeness (QED) is 0.560. The van der Waals surface area contributed by atoms with Gasteiger partial charge in [-0.1, -0.05) is 18.2 Å². The first-order valence-corrected chi connectivity index (χ1v) is 11.5. The first-order valence-electron chi connectivity index (χ1n) is 11.5. The molecule has 3 N–H and O–H groups in total. The Bertz CT molecular complexity index is 1040. The molecule has 2 fully saturated rings. The van der Waals surface area contributed by atoms with Crippen LogP contribution in [0.1, 0.15) is 19.3 Å². The molecule has 1 aliphatic heterocycles. The Labute approximate surface area is 184 Å². The maximum absolute atomic E-state index is 6.29. The van der Waals surface area contributed by atoms with Crippen LogP contribution >= 0.6 is 0 Å². The molecule has 162 valence electrons. The van der Waals surface area contributed by atoms with E-state index in [4.69, 9.17) is 15.5 Å². The van der Waals surface area contributed by atoms with E-state index in [1.165, 1.54) is 31.3 Å². The number of ether oxygens (including phenoxy) is 1. The maximum Gasteiger partial charge on any atom is 0.118 e. The predicted octanol–water partition coefficient (Wildman–Crippen LogP) is 4.38. The van der Waals surface area contributed by atoms with Crippen molar-refractivity contribution in [2.24, 2.45) is 17.6 Å². The van der Waals surface area contributed by atoms with Crippen molar-refractivity contribution in [3.05, 3.63) is 54.6 Å². The van der Waals surface area contributed by atoms with Crippen LogP contribution in [0.25, 0.3) is 22.2 Å². The number of para-hydroxylation sites is 1. The van der Waals surface area contributed by atoms with E-state index < -0.39 is 0 Å². The number of nitrogens with one attached hydrogen (secondary N) is 1. The van der Waals surface area contributed by atoms with E-state index in [0.717, 1.165) is 59.6 Å². The lowest BCUT2D eigenvalue weighted by molar-refractivity contribution is 0.305. The van der Waals surface area contributed by atoms with E-state index in [1.54, 1.807) is 7.11 Å². The topological polar surface area (TPSA) is 63.4 Å². The third-order valence-electron chi connectivity index (χ3n) is 7.06. The highest BCUT2D eigenvalue weighted by Crippen LogP contribution is 2.37. The van der Waals surface area contributed by atoms with E-state index in [0.29, 0.717) is 6.04 Å². The van der Waals surface area contributed by atoms with Gasteiger partial charge in [-0.25, -0.2) is 4.98 Å². The fourth-order valence-corrected chi connectivity index (χ4v) is 5.34. The van der Waals surface area contributed by atoms with Gasteiger partial charge in [0.2, 0.25) is 0 Å². The van der Waals surface area contributed by atoms with Crippen LogP contribution in [0.15, 0.2) is 54.6 Å². The number of methoxy groups -OCH3 is 1. The van der Waals surface area contributed by atoms with Crippen molar-refractivity contribution < 1.29 is 4.74 Å². The maximum atomic E-state index is 6.29. The number of likely N-dealkylation sites (tertiary alicyclic amines) is 1. The van der Waals surface area contributed by atoms with Crippen molar-refractivity contribution in [1.29, 1.82) is 0 Å². The predicted molar refractivity (Wildman–Crippen MR) is 127 cm³/mol. The number of pyridine rings is 1. The van der Waals surface area contributed by atoms with Crippen molar-refractivity contribution in [2.45, 2.75) is 25.3 Å². The van der Waals surface area contributed by atoms with E-state index in [-0.39, 0.29) is 0 Å². The first kappa shape index (κ1) is 20.3. The normalized spacial score (nSPS) is 23.2. The lowest BCUT2D eigenvalue weighted by Crippen LogP contribution is -2.31. The van der Waals surface area contributed by atoms with Gasteiger partial charge in [0.1, 0.15) is 5.75 Å². The van der Waals surface area contributed by atoms with Crippen molar-refractivity contribution in [3.63, 3.8) is 0 Å². The summed E-state index contributed by atoms with van der Waals surface area (Å²) in [6.45, 7) is 4.51. The Morgan fingerprint density at radius 1 is 1.10 bits per heavy atom. The Kier molecular flexibility index (Phi) is 5.79. The van der Waals surface area contributed by atoms with Crippen molar-refractivity contribution in [3.8, 4) is 17.0 Å². The summed E-state index contributed by atoms with van der Waals surface area (Å²) in [7, 11) is 1.69. The number of hydrogen-bond acceptors (Lipinski definition) is 5. The number of benzene rings is 2. The smallest absolute Gasteiger partial charge is 0.118 e. The average Bonchev–Trinajstić information content (AvgIpc) is 3.37. The van der Waals surface area contributed by atoms with E-state index in [2.05, 4.69) is 46.6 Å². The molecular formula is C26H32N4O. The largest absolute Gasteiger partial charge is 0.497 e. The van der Waals surface area contributed by atoms with Gasteiger partial charge in [-0.05, 0) is 74.0 Å². The number of nitrogens with zero attached hydrogens (tertiary/aromatic N) is 2. The zero-order chi connectivity index (χ0) is 21.2. The molecule has 2 heterocycles. The highest BCUT2D eigenvalue weighted by atomic mass is 16.5. The zero-order valence-electron chi connectivity index (χ0n) is 18.3. The summed E-state index contributed by atoms with van der Waals surface area (Å²) in [6.07, 6.45) is 3.66. The number of aromatic nitrogens is 1. The van der Waals surface area contributed by atoms with Gasteiger partial charge in [0.05, 0.1) is 18.3 Å². The average molecular weight is 417 g/mol. The molecule has 0 amide bonds. The van der Waals surface area contributed by atoms with E-state index in [1.807, 2.05) is 18.2 Å². The van der Waals surface area contributed by atoms with Gasteiger partial charge in [-0.3, -0.25) is 0 Å². The number of anilines is 1. The molecular weight excluding hydrogens is 384 g/mol. The van der Waals surface area contributed by atoms with Crippen LogP contribution in [0.2, 0.25) is 0 Å². The molecule has 0 spiro atoms. The molecule has 0 radical (unpaired) electrons. The highest BCUT2D eigenvalue weighted by Gasteiger charge is 2.40. The fraction of sp³-hybridized carbons (Fsp3) is 0.423. The molecule has 3 aromatic rings. The van der Waals surface area contributed by atoms with Crippen LogP contribution in [-0.2, 0) is 0 Å². The zero-order valence-corrected chi connectivity index (χ0v) is 18.3. The second-order valence-corrected chi connectivity index (χ2v) is 9.01. The fourth-order valence-electron chi connectivity index (χ4n) is 5.34. The minimum absolute atomic E-state index is 0.424. The molecule has 2 aromatic carbocycles. The summed E-state index contributed by atoms with van der Waals surface area (Å²) >= 11 is 0. The molecule has 5 heteroatoms. The molecule has 31 heavy (non-hydrogen) atoms. The van der Waals surface area contributed by atoms with Gasteiger partial charge in [0.15, 0.2) is 0 Å². The van der Waals surface area contributed by atoms with Crippen molar-refractivity contribution >= 4 is 16.6 Å². The van der Waals surface area contributed by atoms with Gasteiger partial charge in [0.25, 0.3) is 0 Å². The molecule has 1 saturated heterocycles. The summed E-state index contributed by atoms with van der Waals surface area (Å²) in [6, 6.07) is 19.0. The minimum atomic E-state index is 0.424. The summed E-state index contributed by atoms with van der Waals surface area (Å²) < 4.78 is 5.29. The van der Waals surface area contributed by atoms with Crippen molar-refractivity contribution in [2.75, 3.05) is 38.6 Å². The number of rotatable bonds is 7. The van der Waals surface area contributed by atoms with Gasteiger partial charge < -0.3 is 20.7 Å². The molecule has 2 aliphatic rings. The minimum Gasteiger partial charge on any atom is -0.497 e. The van der Waals surface area contributed by atoms with Crippen LogP contribution < -0.4 is 15.8 Å². The van der Waals surface area contributed by atoms with E-state index >= 15 is 0 Å². The standard InChI is InChI=1S/C26H32N4O/c1-31-20-10-7-18(8-11-20)25-15-26(21-5-2-3-6-24(21)29-25)28-13-4-14-30-16-19-9-12-23(27)22(19)17-30/h2-3,5-8,10-11,15,19,22-23H,4,9,12-14,16-17,27H2,1H3,(H,28,29). The lowest BCUT2D eigenvalue weighted by atomic mass is 9.98. The molecule has 1 saturated carbocycles. The number of nitrogens with two attached hydrogens (primary N) is 1. The molecule has 1 aromatic heterocycles. The van der Waals surface area contributed by atoms with Gasteiger partial charge >= 0.3 is 0 Å². The molecule has 3 unspecified atom stereocenters. The summed E-state index contributed by atoms with van der Waals surface area (Å²) in [5.74, 6) is 2.42. The summed E-state index contributed by atoms with van der Waals surface area (Å²) in [5.41, 5.74) is 10.5. The highest BCUT2D eigenvalue weighted by molar-refractivity contribution is 5.93. The van der Waals surface area contributed by atoms with Crippen LogP contribution in [0.4, 0.5) is 5.69 Å². The monoisotopic (exact) mass is 416 g/mol. The lowest BCUT2D eigenvalue weighted by Gasteiger charge is -2.19. The van der Waals surface area contributed by atoms with Gasteiger partial charge in [0, 0.05) is 42.3 Å². The number of fused-ring (bicyclic) bond motifs is 2. The second kappa shape index (κ2) is 8.85. The van der Waals surface area contributed by atoms with Crippen LogP contribution in [0, 0.1) is 11.8 Å². The molecule has 5 rings (SSSR count). The summed E-state index contributed by atoms with van der Waals surface area (Å²) in [5, 5.41) is 4.86. The molecule has 5 nitrogen and oxygen atoms in total. The van der Waals surface area contributed by atoms with Gasteiger partial charge in [-0.15, -0.1) is 0 Å². The molecule has 0 bridgehead atoms. The Hall–Kier alpha value is -2.63. The third-order valence-corrected chi connectivity index (χ3v) is 7.06. The third kappa shape index (κ3) is 4.25. The first-order chi connectivity index (χ1) is 15.2. The van der Waals surface area contributed by atoms with Crippen molar-refractivity contribution in [1.82, 2.24) is 9.88 Å². The van der Waals surface area contributed by atoms with Crippen LogP contribution in [0.5, 0.6) is 5.75 Å². The van der Waals surface area contributed by atoms with Gasteiger partial charge in [-0.2, -0.15) is 0 Å². The van der Waals surface area contributed by atoms with Crippen LogP contribution in [-0.4, -0.2) is 49.2 Å². The van der Waals surface area contributed by atoms with E-state index in [9.17, 15) is 0 Å². The number of hydrogen-bond donors (Lipinski definition) is 2. The Morgan fingerprint density at radius 2 is 1.94 bits per heavy atom. The molecule has 1 aliphatic carbocycles. The SMILES string of the molecule is COc1ccc(-c2cc(NCCCN3CC4CCC(N)C4C3)c3ccccc3n2)cc1. The Morgan fingerprint density at radius 3 is 2.74 bits per heavy atom. The Balaban J connectivity index is 1.26. The summed E-state index contributed by atoms with van der Waals surface area (Å²) in [4.78, 5) is 7.51. The van der Waals surface area contributed by atoms with Crippen LogP contribution in [0.3, 0.4) is 0 Å². The molecule has 3 atom stereocenters. The second-order valence-electron chi connectivity index (χ2n) is 9.01.